The van der Waals surface area contributed by atoms with Crippen LogP contribution in [0.4, 0.5) is 0 Å². The summed E-state index contributed by atoms with van der Waals surface area (Å²) >= 11 is 0. The number of allylic oxidation sites excluding steroid dienone is 4. The largest absolute Gasteiger partial charge is 0.257 e. The summed E-state index contributed by atoms with van der Waals surface area (Å²) in [5, 5.41) is 0. The van der Waals surface area contributed by atoms with Crippen molar-refractivity contribution >= 4 is 17.1 Å². The lowest BCUT2D eigenvalue weighted by atomic mass is 9.67. The molecule has 0 aromatic heterocycles. The van der Waals surface area contributed by atoms with Crippen LogP contribution in [0.2, 0.25) is 0 Å². The van der Waals surface area contributed by atoms with Crippen molar-refractivity contribution in [1.29, 1.82) is 0 Å². The van der Waals surface area contributed by atoms with Gasteiger partial charge in [-0.1, -0.05) is 199 Å². The van der Waals surface area contributed by atoms with E-state index in [0.717, 1.165) is 30.0 Å². The van der Waals surface area contributed by atoms with E-state index >= 15 is 0 Å². The van der Waals surface area contributed by atoms with Crippen LogP contribution in [0.25, 0.3) is 27.8 Å². The Morgan fingerprint density at radius 1 is 0.525 bits per heavy atom. The minimum atomic E-state index is -0.416. The molecule has 0 fully saturated rings. The first-order valence-corrected chi connectivity index (χ1v) is 22.0. The average Bonchev–Trinajstić information content (AvgIpc) is 3.75. The van der Waals surface area contributed by atoms with Crippen LogP contribution in [-0.2, 0) is 5.41 Å². The molecule has 0 N–H and O–H groups in total. The van der Waals surface area contributed by atoms with Gasteiger partial charge < -0.3 is 0 Å². The molecular weight excluding hydrogens is 713 g/mol. The van der Waals surface area contributed by atoms with Crippen molar-refractivity contribution in [2.45, 2.75) is 65.8 Å². The van der Waals surface area contributed by atoms with E-state index in [1.165, 1.54) is 66.8 Å². The van der Waals surface area contributed by atoms with E-state index in [4.69, 9.17) is 9.98 Å². The second-order valence-electron chi connectivity index (χ2n) is 17.8. The van der Waals surface area contributed by atoms with Gasteiger partial charge in [0.2, 0.25) is 0 Å². The molecule has 1 spiro atoms. The second kappa shape index (κ2) is 14.8. The summed E-state index contributed by atoms with van der Waals surface area (Å²) in [5.74, 6) is 3.13. The van der Waals surface area contributed by atoms with Crippen molar-refractivity contribution in [2.24, 2.45) is 39.6 Å². The Bertz CT molecular complexity index is 2640. The monoisotopic (exact) mass is 766 g/mol. The van der Waals surface area contributed by atoms with E-state index in [0.29, 0.717) is 23.7 Å². The van der Waals surface area contributed by atoms with Crippen LogP contribution in [0.3, 0.4) is 0 Å². The summed E-state index contributed by atoms with van der Waals surface area (Å²) < 4.78 is 0. The third-order valence-corrected chi connectivity index (χ3v) is 14.1. The van der Waals surface area contributed by atoms with E-state index in [-0.39, 0.29) is 12.0 Å². The van der Waals surface area contributed by atoms with Crippen LogP contribution in [0.5, 0.6) is 0 Å². The number of aliphatic imine (C=N–C) groups is 2. The molecular formula is C57H54N2. The molecule has 4 unspecified atom stereocenters. The van der Waals surface area contributed by atoms with Crippen LogP contribution in [0.1, 0.15) is 105 Å². The number of hydrogen-bond donors (Lipinski definition) is 0. The first-order chi connectivity index (χ1) is 28.8. The van der Waals surface area contributed by atoms with E-state index in [9.17, 15) is 0 Å². The summed E-state index contributed by atoms with van der Waals surface area (Å²) in [6.45, 7) is 14.2. The zero-order valence-electron chi connectivity index (χ0n) is 35.3. The van der Waals surface area contributed by atoms with Crippen molar-refractivity contribution < 1.29 is 0 Å². The van der Waals surface area contributed by atoms with Gasteiger partial charge in [-0.05, 0) is 109 Å². The van der Waals surface area contributed by atoms with E-state index in [1.54, 1.807) is 5.57 Å². The minimum absolute atomic E-state index is 0.0684. The molecule has 0 bridgehead atoms. The van der Waals surface area contributed by atoms with Gasteiger partial charge in [0.1, 0.15) is 0 Å². The highest BCUT2D eigenvalue weighted by Crippen LogP contribution is 2.62. The Balaban J connectivity index is 1.12. The highest BCUT2D eigenvalue weighted by molar-refractivity contribution is 6.15. The summed E-state index contributed by atoms with van der Waals surface area (Å²) in [5.41, 5.74) is 19.2. The number of benzene rings is 6. The van der Waals surface area contributed by atoms with Crippen molar-refractivity contribution in [1.82, 2.24) is 0 Å². The molecule has 0 amide bonds. The van der Waals surface area contributed by atoms with Gasteiger partial charge in [-0.3, -0.25) is 4.99 Å². The maximum absolute atomic E-state index is 5.67. The Morgan fingerprint density at radius 2 is 1.07 bits per heavy atom. The summed E-state index contributed by atoms with van der Waals surface area (Å²) in [4.78, 5) is 11.2. The molecule has 10 rings (SSSR count). The number of rotatable bonds is 8. The number of amidine groups is 1. The molecule has 2 nitrogen and oxygen atoms in total. The van der Waals surface area contributed by atoms with Gasteiger partial charge >= 0.3 is 0 Å². The highest BCUT2D eigenvalue weighted by atomic mass is 15.0. The minimum Gasteiger partial charge on any atom is -0.257 e. The van der Waals surface area contributed by atoms with Gasteiger partial charge in [0.15, 0.2) is 5.84 Å². The fraction of sp³-hybridized carbons (Fsp3) is 0.263. The summed E-state index contributed by atoms with van der Waals surface area (Å²) in [6.07, 6.45) is 6.95. The van der Waals surface area contributed by atoms with Gasteiger partial charge in [-0.2, -0.15) is 0 Å². The standard InChI is InChI=1S/C57H54N2/c1-7-41-43(35(3)4)32-33-44(53(41)36(5)6)37-26-28-39(29-27-37)55-42(8-2)54(38-18-10-9-11-19-38)58-56(59-55)40-30-31-48-47-22-14-17-25-51(47)57(52(48)34-40)49-23-15-12-20-45(49)46-21-13-16-24-50(46)57/h9-36,41-42,53,55H,7-8H2,1-6H3. The normalized spacial score (nSPS) is 21.0. The van der Waals surface area contributed by atoms with Crippen LogP contribution in [0, 0.1) is 29.6 Å². The maximum atomic E-state index is 5.67. The quantitative estimate of drug-likeness (QED) is 0.147. The number of nitrogens with zero attached hydrogens (tertiary/aromatic N) is 2. The molecule has 59 heavy (non-hydrogen) atoms. The van der Waals surface area contributed by atoms with Gasteiger partial charge in [0, 0.05) is 11.5 Å². The molecule has 0 radical (unpaired) electrons. The van der Waals surface area contributed by atoms with Gasteiger partial charge in [-0.15, -0.1) is 0 Å². The number of fused-ring (bicyclic) bond motifs is 10. The Morgan fingerprint density at radius 3 is 1.63 bits per heavy atom. The molecule has 2 heteroatoms. The topological polar surface area (TPSA) is 24.7 Å². The zero-order chi connectivity index (χ0) is 40.4. The lowest BCUT2D eigenvalue weighted by Gasteiger charge is -2.38. The molecule has 4 atom stereocenters. The third-order valence-electron chi connectivity index (χ3n) is 14.1. The van der Waals surface area contributed by atoms with Crippen LogP contribution >= 0.6 is 0 Å². The van der Waals surface area contributed by atoms with Crippen molar-refractivity contribution in [2.75, 3.05) is 0 Å². The predicted molar refractivity (Wildman–Crippen MR) is 248 cm³/mol. The summed E-state index contributed by atoms with van der Waals surface area (Å²) in [6, 6.07) is 54.3. The first-order valence-electron chi connectivity index (χ1n) is 22.0. The van der Waals surface area contributed by atoms with E-state index in [1.807, 2.05) is 0 Å². The first kappa shape index (κ1) is 37.4. The lowest BCUT2D eigenvalue weighted by Crippen LogP contribution is -2.29. The molecule has 1 heterocycles. The summed E-state index contributed by atoms with van der Waals surface area (Å²) in [7, 11) is 0. The Hall–Kier alpha value is -5.86. The van der Waals surface area contributed by atoms with Crippen molar-refractivity contribution in [3.05, 3.63) is 208 Å². The molecule has 0 saturated heterocycles. The molecule has 0 saturated carbocycles. The van der Waals surface area contributed by atoms with Gasteiger partial charge in [0.05, 0.1) is 17.2 Å². The fourth-order valence-electron chi connectivity index (χ4n) is 11.5. The average molecular weight is 767 g/mol. The molecule has 292 valence electrons. The Kier molecular flexibility index (Phi) is 9.36. The predicted octanol–water partition coefficient (Wildman–Crippen LogP) is 14.3. The zero-order valence-corrected chi connectivity index (χ0v) is 35.3. The molecule has 4 aliphatic rings. The third kappa shape index (κ3) is 5.74. The van der Waals surface area contributed by atoms with Gasteiger partial charge in [-0.25, -0.2) is 4.99 Å². The van der Waals surface area contributed by atoms with Crippen LogP contribution in [-0.4, -0.2) is 11.5 Å². The van der Waals surface area contributed by atoms with Crippen molar-refractivity contribution in [3.8, 4) is 22.3 Å². The van der Waals surface area contributed by atoms with Crippen LogP contribution in [0.15, 0.2) is 173 Å². The molecule has 3 aliphatic carbocycles. The smallest absolute Gasteiger partial charge is 0.155 e. The maximum Gasteiger partial charge on any atom is 0.155 e. The highest BCUT2D eigenvalue weighted by Gasteiger charge is 2.51. The number of hydrogen-bond acceptors (Lipinski definition) is 2. The van der Waals surface area contributed by atoms with E-state index in [2.05, 4.69) is 199 Å². The fourth-order valence-corrected chi connectivity index (χ4v) is 11.5. The Labute approximate surface area is 351 Å². The van der Waals surface area contributed by atoms with E-state index < -0.39 is 5.41 Å². The van der Waals surface area contributed by atoms with Gasteiger partial charge in [0.25, 0.3) is 0 Å². The second-order valence-corrected chi connectivity index (χ2v) is 17.8. The lowest BCUT2D eigenvalue weighted by molar-refractivity contribution is 0.333. The molecule has 6 aromatic carbocycles. The molecule has 1 aliphatic heterocycles. The van der Waals surface area contributed by atoms with Crippen molar-refractivity contribution in [3.63, 3.8) is 0 Å². The molecule has 6 aromatic rings. The van der Waals surface area contributed by atoms with Crippen LogP contribution < -0.4 is 0 Å². The SMILES string of the molecule is CCC1C(c2ccccc2)=NC(c2ccc3c(c2)C2(c4ccccc4-c4ccccc42)c2ccccc2-3)=NC1c1ccc(C2=CC=C(C(C)C)C(CC)C2C(C)C)cc1.